The third-order valence-corrected chi connectivity index (χ3v) is 4.59. The third-order valence-electron chi connectivity index (χ3n) is 4.59. The van der Waals surface area contributed by atoms with Crippen molar-refractivity contribution in [2.45, 2.75) is 54.0 Å². The molecule has 1 unspecified atom stereocenters. The van der Waals surface area contributed by atoms with Crippen molar-refractivity contribution in [3.63, 3.8) is 0 Å². The minimum atomic E-state index is -0.190. The van der Waals surface area contributed by atoms with Gasteiger partial charge in [-0.05, 0) is 56.0 Å². The number of amides is 2. The summed E-state index contributed by atoms with van der Waals surface area (Å²) in [5, 5.41) is 5.78. The molecule has 1 heterocycles. The lowest BCUT2D eigenvalue weighted by Crippen LogP contribution is -2.27. The van der Waals surface area contributed by atoms with Gasteiger partial charge in [0.2, 0.25) is 5.91 Å². The predicted octanol–water partition coefficient (Wildman–Crippen LogP) is 4.35. The summed E-state index contributed by atoms with van der Waals surface area (Å²) in [6.45, 7) is 11.6. The smallest absolute Gasteiger partial charge is 0.251 e. The summed E-state index contributed by atoms with van der Waals surface area (Å²) in [7, 11) is 0. The van der Waals surface area contributed by atoms with Crippen LogP contribution in [0.1, 0.15) is 66.5 Å². The first kappa shape index (κ1) is 20.6. The van der Waals surface area contributed by atoms with Crippen molar-refractivity contribution < 1.29 is 9.59 Å². The van der Waals surface area contributed by atoms with E-state index in [-0.39, 0.29) is 23.8 Å². The van der Waals surface area contributed by atoms with E-state index in [2.05, 4.69) is 47.7 Å². The number of carbonyl (C=O) groups excluding carboxylic acids is 2. The number of carbonyl (C=O) groups is 2. The molecule has 2 aromatic rings. The van der Waals surface area contributed by atoms with E-state index in [1.807, 2.05) is 20.8 Å². The van der Waals surface area contributed by atoms with Gasteiger partial charge < -0.3 is 10.6 Å². The van der Waals surface area contributed by atoms with Crippen molar-refractivity contribution in [3.8, 4) is 0 Å². The molecule has 2 amide bonds. The summed E-state index contributed by atoms with van der Waals surface area (Å²) < 4.78 is 0. The minimum Gasteiger partial charge on any atom is -0.346 e. The Kier molecular flexibility index (Phi) is 6.72. The van der Waals surface area contributed by atoms with Crippen LogP contribution in [-0.4, -0.2) is 16.8 Å². The summed E-state index contributed by atoms with van der Waals surface area (Å²) in [5.74, 6) is -0.0711. The molecule has 144 valence electrons. The largest absolute Gasteiger partial charge is 0.346 e. The second kappa shape index (κ2) is 8.80. The standard InChI is InChI=1S/C22H29N3O2/c1-7-17-8-9-18(10-14(17)4)16(6)24-22(27)19-11-15(5)23-20(12-19)25-21(26)13(2)3/h8-13,16H,7H2,1-6H3,(H,24,27)(H,23,25,26). The summed E-state index contributed by atoms with van der Waals surface area (Å²) in [6.07, 6.45) is 0.994. The van der Waals surface area contributed by atoms with Crippen molar-refractivity contribution in [2.75, 3.05) is 5.32 Å². The van der Waals surface area contributed by atoms with E-state index in [0.717, 1.165) is 12.0 Å². The van der Waals surface area contributed by atoms with E-state index in [1.54, 1.807) is 19.1 Å². The third kappa shape index (κ3) is 5.39. The number of nitrogens with zero attached hydrogens (tertiary/aromatic N) is 1. The van der Waals surface area contributed by atoms with Crippen LogP contribution >= 0.6 is 0 Å². The highest BCUT2D eigenvalue weighted by molar-refractivity contribution is 5.97. The number of anilines is 1. The molecule has 2 rings (SSSR count). The molecule has 2 N–H and O–H groups in total. The van der Waals surface area contributed by atoms with E-state index in [0.29, 0.717) is 17.1 Å². The maximum Gasteiger partial charge on any atom is 0.251 e. The molecular weight excluding hydrogens is 338 g/mol. The van der Waals surface area contributed by atoms with Gasteiger partial charge in [0.25, 0.3) is 5.91 Å². The molecule has 0 saturated carbocycles. The van der Waals surface area contributed by atoms with Crippen molar-refractivity contribution >= 4 is 17.6 Å². The molecule has 5 nitrogen and oxygen atoms in total. The first-order valence-corrected chi connectivity index (χ1v) is 9.41. The van der Waals surface area contributed by atoms with Crippen molar-refractivity contribution in [1.29, 1.82) is 0 Å². The number of aromatic nitrogens is 1. The topological polar surface area (TPSA) is 71.1 Å². The molecule has 1 aromatic heterocycles. The highest BCUT2D eigenvalue weighted by atomic mass is 16.2. The zero-order chi connectivity index (χ0) is 20.1. The van der Waals surface area contributed by atoms with Gasteiger partial charge in [-0.2, -0.15) is 0 Å². The number of aryl methyl sites for hydroxylation is 3. The SMILES string of the molecule is CCc1ccc(C(C)NC(=O)c2cc(C)nc(NC(=O)C(C)C)c2)cc1C. The summed E-state index contributed by atoms with van der Waals surface area (Å²) in [4.78, 5) is 28.9. The predicted molar refractivity (Wildman–Crippen MR) is 109 cm³/mol. The fourth-order valence-corrected chi connectivity index (χ4v) is 2.88. The van der Waals surface area contributed by atoms with Crippen LogP contribution in [0.15, 0.2) is 30.3 Å². The number of pyridine rings is 1. The van der Waals surface area contributed by atoms with Crippen LogP contribution in [0.2, 0.25) is 0 Å². The van der Waals surface area contributed by atoms with Crippen molar-refractivity contribution in [1.82, 2.24) is 10.3 Å². The Morgan fingerprint density at radius 2 is 1.78 bits per heavy atom. The summed E-state index contributed by atoms with van der Waals surface area (Å²) in [5.41, 5.74) is 4.77. The zero-order valence-electron chi connectivity index (χ0n) is 17.0. The molecule has 0 saturated heterocycles. The Bertz CT molecular complexity index is 843. The van der Waals surface area contributed by atoms with Gasteiger partial charge in [-0.1, -0.05) is 39.0 Å². The van der Waals surface area contributed by atoms with Gasteiger partial charge in [-0.25, -0.2) is 4.98 Å². The molecule has 0 aliphatic heterocycles. The number of hydrogen-bond donors (Lipinski definition) is 2. The molecule has 0 aliphatic carbocycles. The Morgan fingerprint density at radius 3 is 2.37 bits per heavy atom. The van der Waals surface area contributed by atoms with E-state index in [1.165, 1.54) is 11.1 Å². The fourth-order valence-electron chi connectivity index (χ4n) is 2.88. The second-order valence-corrected chi connectivity index (χ2v) is 7.26. The van der Waals surface area contributed by atoms with Crippen LogP contribution in [0.4, 0.5) is 5.82 Å². The fraction of sp³-hybridized carbons (Fsp3) is 0.409. The lowest BCUT2D eigenvalue weighted by Gasteiger charge is -2.17. The Balaban J connectivity index is 2.16. The molecule has 5 heteroatoms. The molecule has 1 aromatic carbocycles. The number of hydrogen-bond acceptors (Lipinski definition) is 3. The Hall–Kier alpha value is -2.69. The van der Waals surface area contributed by atoms with E-state index in [4.69, 9.17) is 0 Å². The average molecular weight is 367 g/mol. The minimum absolute atomic E-state index is 0.121. The quantitative estimate of drug-likeness (QED) is 0.797. The number of nitrogens with one attached hydrogen (secondary N) is 2. The van der Waals surface area contributed by atoms with Gasteiger partial charge >= 0.3 is 0 Å². The van der Waals surface area contributed by atoms with E-state index in [9.17, 15) is 9.59 Å². The summed E-state index contributed by atoms with van der Waals surface area (Å²) in [6, 6.07) is 9.51. The van der Waals surface area contributed by atoms with Crippen LogP contribution < -0.4 is 10.6 Å². The van der Waals surface area contributed by atoms with E-state index >= 15 is 0 Å². The van der Waals surface area contributed by atoms with Gasteiger partial charge in [0.05, 0.1) is 6.04 Å². The van der Waals surface area contributed by atoms with Gasteiger partial charge in [-0.15, -0.1) is 0 Å². The van der Waals surface area contributed by atoms with Gasteiger partial charge in [0.15, 0.2) is 0 Å². The molecular formula is C22H29N3O2. The normalized spacial score (nSPS) is 12.0. The lowest BCUT2D eigenvalue weighted by atomic mass is 9.99. The van der Waals surface area contributed by atoms with Crippen LogP contribution in [0.5, 0.6) is 0 Å². The molecule has 0 aliphatic rings. The molecule has 0 bridgehead atoms. The van der Waals surface area contributed by atoms with E-state index < -0.39 is 0 Å². The number of rotatable bonds is 6. The molecule has 1 atom stereocenters. The zero-order valence-corrected chi connectivity index (χ0v) is 17.0. The van der Waals surface area contributed by atoms with Gasteiger partial charge in [0, 0.05) is 17.2 Å². The van der Waals surface area contributed by atoms with Crippen LogP contribution in [0, 0.1) is 19.8 Å². The molecule has 0 fully saturated rings. The monoisotopic (exact) mass is 367 g/mol. The summed E-state index contributed by atoms with van der Waals surface area (Å²) >= 11 is 0. The lowest BCUT2D eigenvalue weighted by molar-refractivity contribution is -0.118. The molecule has 27 heavy (non-hydrogen) atoms. The number of benzene rings is 1. The maximum atomic E-state index is 12.7. The average Bonchev–Trinajstić information content (AvgIpc) is 2.60. The van der Waals surface area contributed by atoms with Gasteiger partial charge in [0.1, 0.15) is 5.82 Å². The Morgan fingerprint density at radius 1 is 1.07 bits per heavy atom. The van der Waals surface area contributed by atoms with Crippen LogP contribution in [-0.2, 0) is 11.2 Å². The van der Waals surface area contributed by atoms with Gasteiger partial charge in [-0.3, -0.25) is 9.59 Å². The van der Waals surface area contributed by atoms with Crippen molar-refractivity contribution in [3.05, 3.63) is 58.3 Å². The van der Waals surface area contributed by atoms with Crippen LogP contribution in [0.3, 0.4) is 0 Å². The Labute approximate surface area is 161 Å². The van der Waals surface area contributed by atoms with Crippen molar-refractivity contribution in [2.24, 2.45) is 5.92 Å². The first-order chi connectivity index (χ1) is 12.7. The molecule has 0 radical (unpaired) electrons. The second-order valence-electron chi connectivity index (χ2n) is 7.26. The van der Waals surface area contributed by atoms with Crippen LogP contribution in [0.25, 0.3) is 0 Å². The molecule has 0 spiro atoms. The highest BCUT2D eigenvalue weighted by Gasteiger charge is 2.15. The first-order valence-electron chi connectivity index (χ1n) is 9.41. The maximum absolute atomic E-state index is 12.7. The highest BCUT2D eigenvalue weighted by Crippen LogP contribution is 2.19.